The molecule has 0 bridgehead atoms. The van der Waals surface area contributed by atoms with E-state index in [-0.39, 0.29) is 44.7 Å². The van der Waals surface area contributed by atoms with Gasteiger partial charge in [-0.05, 0) is 30.3 Å². The van der Waals surface area contributed by atoms with Gasteiger partial charge in [-0.1, -0.05) is 11.6 Å². The third kappa shape index (κ3) is 4.84. The van der Waals surface area contributed by atoms with Gasteiger partial charge >= 0.3 is 0 Å². The molecule has 2 heterocycles. The molecule has 0 aromatic heterocycles. The van der Waals surface area contributed by atoms with Crippen molar-refractivity contribution in [2.75, 3.05) is 38.5 Å². The van der Waals surface area contributed by atoms with Gasteiger partial charge in [-0.2, -0.15) is 0 Å². The zero-order valence-electron chi connectivity index (χ0n) is 17.4. The van der Waals surface area contributed by atoms with E-state index >= 15 is 0 Å². The van der Waals surface area contributed by atoms with Gasteiger partial charge in [0, 0.05) is 30.6 Å². The van der Waals surface area contributed by atoms with Crippen molar-refractivity contribution in [3.05, 3.63) is 41.4 Å². The molecule has 2 unspecified atom stereocenters. The van der Waals surface area contributed by atoms with Crippen LogP contribution in [-0.2, 0) is 9.59 Å². The Morgan fingerprint density at radius 3 is 2.91 bits per heavy atom. The first-order chi connectivity index (χ1) is 15.4. The van der Waals surface area contributed by atoms with Crippen molar-refractivity contribution >= 4 is 29.1 Å². The van der Waals surface area contributed by atoms with Gasteiger partial charge in [0.15, 0.2) is 11.5 Å². The lowest BCUT2D eigenvalue weighted by Crippen LogP contribution is -2.39. The van der Waals surface area contributed by atoms with Gasteiger partial charge < -0.3 is 34.3 Å². The molecule has 2 atom stereocenters. The number of aliphatic hydroxyl groups is 1. The van der Waals surface area contributed by atoms with Crippen molar-refractivity contribution in [2.24, 2.45) is 5.92 Å². The molecule has 4 rings (SSSR count). The number of hydrogen-bond acceptors (Lipinski definition) is 7. The molecule has 0 aliphatic carbocycles. The summed E-state index contributed by atoms with van der Waals surface area (Å²) in [5.41, 5.74) is 0.525. The van der Waals surface area contributed by atoms with Gasteiger partial charge in [0.05, 0.1) is 18.7 Å². The molecule has 10 heteroatoms. The first kappa shape index (κ1) is 22.0. The van der Waals surface area contributed by atoms with Crippen LogP contribution in [0.4, 0.5) is 5.69 Å². The van der Waals surface area contributed by atoms with Gasteiger partial charge in [-0.15, -0.1) is 0 Å². The van der Waals surface area contributed by atoms with Gasteiger partial charge in [-0.3, -0.25) is 9.59 Å². The van der Waals surface area contributed by atoms with E-state index in [1.165, 1.54) is 12.0 Å². The molecule has 2 aromatic rings. The summed E-state index contributed by atoms with van der Waals surface area (Å²) in [4.78, 5) is 26.6. The third-order valence-electron chi connectivity index (χ3n) is 5.23. The molecule has 9 nitrogen and oxygen atoms in total. The third-order valence-corrected chi connectivity index (χ3v) is 5.46. The minimum Gasteiger partial charge on any atom is -0.495 e. The summed E-state index contributed by atoms with van der Waals surface area (Å²) in [6.07, 6.45) is -0.865. The zero-order valence-corrected chi connectivity index (χ0v) is 18.1. The largest absolute Gasteiger partial charge is 0.495 e. The first-order valence-electron chi connectivity index (χ1n) is 10.1. The Kier molecular flexibility index (Phi) is 6.57. The maximum Gasteiger partial charge on any atom is 0.231 e. The van der Waals surface area contributed by atoms with Crippen LogP contribution in [0.1, 0.15) is 6.42 Å². The Morgan fingerprint density at radius 1 is 1.28 bits per heavy atom. The monoisotopic (exact) mass is 462 g/mol. The number of nitrogens with one attached hydrogen (secondary N) is 1. The predicted molar refractivity (Wildman–Crippen MR) is 116 cm³/mol. The number of anilines is 1. The maximum absolute atomic E-state index is 12.6. The summed E-state index contributed by atoms with van der Waals surface area (Å²) < 4.78 is 21.4. The minimum atomic E-state index is -0.925. The summed E-state index contributed by atoms with van der Waals surface area (Å²) >= 11 is 6.06. The van der Waals surface area contributed by atoms with Crippen molar-refractivity contribution in [1.82, 2.24) is 5.32 Å². The van der Waals surface area contributed by atoms with Gasteiger partial charge in [0.25, 0.3) is 0 Å². The number of carbonyl (C=O) groups is 2. The molecule has 2 aliphatic rings. The Labute approximate surface area is 189 Å². The van der Waals surface area contributed by atoms with Crippen molar-refractivity contribution in [3.63, 3.8) is 0 Å². The molecule has 170 valence electrons. The van der Waals surface area contributed by atoms with E-state index < -0.39 is 12.0 Å². The van der Waals surface area contributed by atoms with E-state index in [2.05, 4.69) is 5.32 Å². The Bertz CT molecular complexity index is 1020. The molecule has 1 saturated heterocycles. The summed E-state index contributed by atoms with van der Waals surface area (Å²) in [5, 5.41) is 13.3. The SMILES string of the molecule is COc1ccc(Cl)cc1N1CC(C(=O)NCC(O)COc2ccc3c(c2)OCO3)CC1=O. The van der Waals surface area contributed by atoms with Gasteiger partial charge in [0.1, 0.15) is 24.2 Å². The number of methoxy groups -OCH3 is 1. The molecule has 0 spiro atoms. The summed E-state index contributed by atoms with van der Waals surface area (Å²) in [7, 11) is 1.50. The lowest BCUT2D eigenvalue weighted by atomic mass is 10.1. The summed E-state index contributed by atoms with van der Waals surface area (Å²) in [5.74, 6) is 1.18. The highest BCUT2D eigenvalue weighted by Crippen LogP contribution is 2.36. The highest BCUT2D eigenvalue weighted by Gasteiger charge is 2.36. The van der Waals surface area contributed by atoms with Crippen LogP contribution in [0.5, 0.6) is 23.0 Å². The van der Waals surface area contributed by atoms with E-state index in [0.29, 0.717) is 33.7 Å². The second-order valence-corrected chi connectivity index (χ2v) is 7.88. The average molecular weight is 463 g/mol. The van der Waals surface area contributed by atoms with Crippen LogP contribution in [0.15, 0.2) is 36.4 Å². The van der Waals surface area contributed by atoms with Crippen LogP contribution < -0.4 is 29.2 Å². The second kappa shape index (κ2) is 9.54. The topological polar surface area (TPSA) is 107 Å². The van der Waals surface area contributed by atoms with E-state index in [0.717, 1.165) is 0 Å². The molecule has 1 fully saturated rings. The molecular formula is C22H23ClN2O7. The average Bonchev–Trinajstić information content (AvgIpc) is 3.42. The normalized spacial score (nSPS) is 17.9. The first-order valence-corrected chi connectivity index (χ1v) is 10.4. The van der Waals surface area contributed by atoms with E-state index in [1.807, 2.05) is 0 Å². The molecule has 0 saturated carbocycles. The molecule has 2 aliphatic heterocycles. The van der Waals surface area contributed by atoms with Gasteiger partial charge in [-0.25, -0.2) is 0 Å². The Morgan fingerprint density at radius 2 is 2.09 bits per heavy atom. The van der Waals surface area contributed by atoms with E-state index in [4.69, 9.17) is 30.5 Å². The number of fused-ring (bicyclic) bond motifs is 1. The lowest BCUT2D eigenvalue weighted by Gasteiger charge is -2.20. The van der Waals surface area contributed by atoms with E-state index in [9.17, 15) is 14.7 Å². The standard InChI is InChI=1S/C22H23ClN2O7/c1-29-18-4-2-14(23)7-17(18)25-10-13(6-21(25)27)22(28)24-9-15(26)11-30-16-3-5-19-20(8-16)32-12-31-19/h2-5,7-8,13,15,26H,6,9-12H2,1H3,(H,24,28). The number of benzene rings is 2. The van der Waals surface area contributed by atoms with Crippen LogP contribution in [-0.4, -0.2) is 56.6 Å². The Balaban J connectivity index is 1.27. The smallest absolute Gasteiger partial charge is 0.231 e. The van der Waals surface area contributed by atoms with Crippen LogP contribution in [0.25, 0.3) is 0 Å². The lowest BCUT2D eigenvalue weighted by molar-refractivity contribution is -0.126. The highest BCUT2D eigenvalue weighted by molar-refractivity contribution is 6.31. The van der Waals surface area contributed by atoms with Crippen molar-refractivity contribution in [2.45, 2.75) is 12.5 Å². The number of amides is 2. The number of halogens is 1. The van der Waals surface area contributed by atoms with Gasteiger partial charge in [0.2, 0.25) is 18.6 Å². The molecule has 0 radical (unpaired) electrons. The quantitative estimate of drug-likeness (QED) is 0.617. The molecule has 2 aromatic carbocycles. The van der Waals surface area contributed by atoms with Crippen LogP contribution in [0, 0.1) is 5.92 Å². The number of rotatable bonds is 8. The summed E-state index contributed by atoms with van der Waals surface area (Å²) in [6.45, 7) is 0.341. The Hall–Kier alpha value is -3.17. The van der Waals surface area contributed by atoms with Crippen molar-refractivity contribution in [1.29, 1.82) is 0 Å². The predicted octanol–water partition coefficient (Wildman–Crippen LogP) is 1.99. The molecular weight excluding hydrogens is 440 g/mol. The number of ether oxygens (including phenoxy) is 4. The second-order valence-electron chi connectivity index (χ2n) is 7.45. The fourth-order valence-electron chi connectivity index (χ4n) is 3.57. The number of carbonyl (C=O) groups excluding carboxylic acids is 2. The van der Waals surface area contributed by atoms with Crippen molar-refractivity contribution < 1.29 is 33.6 Å². The molecule has 32 heavy (non-hydrogen) atoms. The van der Waals surface area contributed by atoms with Crippen LogP contribution in [0.2, 0.25) is 5.02 Å². The number of hydrogen-bond donors (Lipinski definition) is 2. The minimum absolute atomic E-state index is 0.00539. The molecule has 2 amide bonds. The van der Waals surface area contributed by atoms with E-state index in [1.54, 1.807) is 36.4 Å². The maximum atomic E-state index is 12.6. The van der Waals surface area contributed by atoms with Crippen LogP contribution >= 0.6 is 11.6 Å². The molecule has 2 N–H and O–H groups in total. The fourth-order valence-corrected chi connectivity index (χ4v) is 3.74. The summed E-state index contributed by atoms with van der Waals surface area (Å²) in [6, 6.07) is 10.1. The van der Waals surface area contributed by atoms with Crippen molar-refractivity contribution in [3.8, 4) is 23.0 Å². The number of aliphatic hydroxyl groups excluding tert-OH is 1. The van der Waals surface area contributed by atoms with Crippen LogP contribution in [0.3, 0.4) is 0 Å². The number of nitrogens with zero attached hydrogens (tertiary/aromatic N) is 1. The fraction of sp³-hybridized carbons (Fsp3) is 0.364. The zero-order chi connectivity index (χ0) is 22.7. The highest BCUT2D eigenvalue weighted by atomic mass is 35.5.